The van der Waals surface area contributed by atoms with E-state index in [1.807, 2.05) is 7.11 Å². The van der Waals surface area contributed by atoms with Crippen LogP contribution < -0.4 is 5.32 Å². The van der Waals surface area contributed by atoms with Crippen LogP contribution in [0.15, 0.2) is 24.3 Å². The fourth-order valence-electron chi connectivity index (χ4n) is 6.67. The van der Waals surface area contributed by atoms with Crippen molar-refractivity contribution in [1.29, 1.82) is 0 Å². The molecule has 2 fully saturated rings. The Balaban J connectivity index is 1.68. The number of nitrogens with one attached hydrogen (secondary N) is 1. The highest BCUT2D eigenvalue weighted by atomic mass is 16.5. The lowest BCUT2D eigenvalue weighted by atomic mass is 9.64. The zero-order chi connectivity index (χ0) is 20.5. The third-order valence-electron chi connectivity index (χ3n) is 8.37. The molecule has 3 aliphatic rings. The number of nitrogens with zero attached hydrogens (tertiary/aromatic N) is 1. The molecule has 3 atom stereocenters. The minimum atomic E-state index is -0.222. The second-order valence-electron chi connectivity index (χ2n) is 9.37. The van der Waals surface area contributed by atoms with E-state index in [0.29, 0.717) is 5.91 Å². The first-order chi connectivity index (χ1) is 14.1. The minimum absolute atomic E-state index is 0.0350. The van der Waals surface area contributed by atoms with Gasteiger partial charge in [0.05, 0.1) is 17.6 Å². The summed E-state index contributed by atoms with van der Waals surface area (Å²) in [7, 11) is 1.83. The first-order valence-electron chi connectivity index (χ1n) is 11.8. The van der Waals surface area contributed by atoms with Gasteiger partial charge in [-0.05, 0) is 62.5 Å². The van der Waals surface area contributed by atoms with Crippen LogP contribution in [0.3, 0.4) is 0 Å². The average molecular weight is 399 g/mol. The highest BCUT2D eigenvalue weighted by molar-refractivity contribution is 5.82. The van der Waals surface area contributed by atoms with Crippen LogP contribution in [0.1, 0.15) is 69.9 Å². The lowest BCUT2D eigenvalue weighted by molar-refractivity contribution is -0.153. The molecule has 160 valence electrons. The number of piperidine rings is 1. The van der Waals surface area contributed by atoms with Crippen molar-refractivity contribution in [2.24, 2.45) is 5.92 Å². The summed E-state index contributed by atoms with van der Waals surface area (Å²) in [4.78, 5) is 16.4. The average Bonchev–Trinajstić information content (AvgIpc) is 3.19. The quantitative estimate of drug-likeness (QED) is 0.813. The Morgan fingerprint density at radius 1 is 1.24 bits per heavy atom. The molecule has 0 bridgehead atoms. The molecule has 1 aliphatic carbocycles. The predicted molar refractivity (Wildman–Crippen MR) is 117 cm³/mol. The summed E-state index contributed by atoms with van der Waals surface area (Å²) in [6.07, 6.45) is 8.70. The zero-order valence-electron chi connectivity index (χ0n) is 18.5. The molecule has 1 amide bonds. The molecular weight excluding hydrogens is 360 g/mol. The van der Waals surface area contributed by atoms with E-state index in [0.717, 1.165) is 58.2 Å². The molecule has 1 N–H and O–H groups in total. The fraction of sp³-hybridized carbons (Fsp3) is 0.720. The number of likely N-dealkylation sites (tertiary alicyclic amines) is 1. The van der Waals surface area contributed by atoms with Crippen LogP contribution in [0.5, 0.6) is 0 Å². The normalized spacial score (nSPS) is 29.8. The maximum absolute atomic E-state index is 14.1. The van der Waals surface area contributed by atoms with Gasteiger partial charge in [-0.15, -0.1) is 0 Å². The van der Waals surface area contributed by atoms with Crippen LogP contribution in [-0.2, 0) is 21.4 Å². The summed E-state index contributed by atoms with van der Waals surface area (Å²) in [5.41, 5.74) is 2.61. The molecule has 4 rings (SSSR count). The van der Waals surface area contributed by atoms with Crippen LogP contribution in [0, 0.1) is 5.92 Å². The van der Waals surface area contributed by atoms with E-state index in [9.17, 15) is 4.79 Å². The van der Waals surface area contributed by atoms with Gasteiger partial charge in [0.2, 0.25) is 5.91 Å². The van der Waals surface area contributed by atoms with E-state index in [1.165, 1.54) is 24.0 Å². The molecule has 1 aromatic carbocycles. The van der Waals surface area contributed by atoms with Crippen molar-refractivity contribution in [3.05, 3.63) is 35.4 Å². The van der Waals surface area contributed by atoms with Crippen LogP contribution in [0.4, 0.5) is 0 Å². The monoisotopic (exact) mass is 398 g/mol. The van der Waals surface area contributed by atoms with Crippen molar-refractivity contribution >= 4 is 5.91 Å². The number of methoxy groups -OCH3 is 1. The number of benzene rings is 1. The molecule has 0 aromatic heterocycles. The minimum Gasteiger partial charge on any atom is -0.376 e. The smallest absolute Gasteiger partial charge is 0.228 e. The van der Waals surface area contributed by atoms with E-state index >= 15 is 0 Å². The molecule has 2 saturated heterocycles. The van der Waals surface area contributed by atoms with Crippen molar-refractivity contribution in [2.45, 2.75) is 82.3 Å². The summed E-state index contributed by atoms with van der Waals surface area (Å²) in [6.45, 7) is 7.02. The van der Waals surface area contributed by atoms with Gasteiger partial charge in [-0.1, -0.05) is 38.1 Å². The maximum Gasteiger partial charge on any atom is 0.228 e. The molecule has 29 heavy (non-hydrogen) atoms. The van der Waals surface area contributed by atoms with Crippen molar-refractivity contribution in [3.8, 4) is 0 Å². The van der Waals surface area contributed by atoms with E-state index in [1.54, 1.807) is 0 Å². The Labute approximate surface area is 176 Å². The number of ether oxygens (including phenoxy) is 1. The molecule has 1 spiro atoms. The Kier molecular flexibility index (Phi) is 6.04. The Hall–Kier alpha value is -1.39. The van der Waals surface area contributed by atoms with Gasteiger partial charge >= 0.3 is 0 Å². The van der Waals surface area contributed by atoms with Gasteiger partial charge in [-0.2, -0.15) is 0 Å². The Bertz CT molecular complexity index is 721. The highest BCUT2D eigenvalue weighted by Crippen LogP contribution is 2.46. The molecule has 4 heteroatoms. The third-order valence-corrected chi connectivity index (χ3v) is 8.37. The zero-order valence-corrected chi connectivity index (χ0v) is 18.5. The van der Waals surface area contributed by atoms with Gasteiger partial charge in [0, 0.05) is 32.2 Å². The van der Waals surface area contributed by atoms with Crippen LogP contribution in [0.2, 0.25) is 0 Å². The summed E-state index contributed by atoms with van der Waals surface area (Å²) in [5, 5.41) is 3.61. The van der Waals surface area contributed by atoms with Crippen LogP contribution in [-0.4, -0.2) is 49.2 Å². The van der Waals surface area contributed by atoms with Gasteiger partial charge in [0.25, 0.3) is 0 Å². The lowest BCUT2D eigenvalue weighted by Crippen LogP contribution is -2.60. The molecule has 0 saturated carbocycles. The van der Waals surface area contributed by atoms with Gasteiger partial charge < -0.3 is 15.0 Å². The van der Waals surface area contributed by atoms with Crippen LogP contribution in [0.25, 0.3) is 0 Å². The van der Waals surface area contributed by atoms with Crippen LogP contribution >= 0.6 is 0 Å². The number of fused-ring (bicyclic) bond motifs is 2. The predicted octanol–water partition coefficient (Wildman–Crippen LogP) is 4.07. The number of amides is 1. The van der Waals surface area contributed by atoms with E-state index in [4.69, 9.17) is 4.74 Å². The number of hydrogen-bond acceptors (Lipinski definition) is 3. The highest BCUT2D eigenvalue weighted by Gasteiger charge is 2.53. The summed E-state index contributed by atoms with van der Waals surface area (Å²) >= 11 is 0. The number of carbonyl (C=O) groups excluding carboxylic acids is 1. The fourth-order valence-corrected chi connectivity index (χ4v) is 6.67. The van der Waals surface area contributed by atoms with E-state index in [-0.39, 0.29) is 23.0 Å². The molecule has 2 aliphatic heterocycles. The third kappa shape index (κ3) is 3.33. The van der Waals surface area contributed by atoms with E-state index < -0.39 is 0 Å². The standard InChI is InChI=1S/C25H38N2O2/c1-4-25(5-2,29-3)22-14-8-9-16-27(22)23(28)21-17-26-18-24(21)15-10-12-19-11-6-7-13-20(19)24/h6-7,11,13,21-22,26H,4-5,8-10,12,14-18H2,1-3H3/t21?,22?,24-/m1/s1. The molecule has 4 nitrogen and oxygen atoms in total. The second-order valence-corrected chi connectivity index (χ2v) is 9.37. The summed E-state index contributed by atoms with van der Waals surface area (Å²) < 4.78 is 6.10. The SMILES string of the molecule is CCC(CC)(OC)C1CCCCN1C(=O)C1CNC[C@@]12CCCc1ccccc12. The van der Waals surface area contributed by atoms with E-state index in [2.05, 4.69) is 48.3 Å². The summed E-state index contributed by atoms with van der Waals surface area (Å²) in [6, 6.07) is 9.05. The molecule has 2 unspecified atom stereocenters. The van der Waals surface area contributed by atoms with Gasteiger partial charge in [-0.25, -0.2) is 0 Å². The number of aryl methyl sites for hydroxylation is 1. The number of hydrogen-bond donors (Lipinski definition) is 1. The lowest BCUT2D eigenvalue weighted by Gasteiger charge is -2.49. The Morgan fingerprint density at radius 2 is 2.03 bits per heavy atom. The van der Waals surface area contributed by atoms with Crippen molar-refractivity contribution in [2.75, 3.05) is 26.7 Å². The number of carbonyl (C=O) groups is 1. The van der Waals surface area contributed by atoms with Gasteiger partial charge in [0.15, 0.2) is 0 Å². The first kappa shape index (κ1) is 20.9. The summed E-state index contributed by atoms with van der Waals surface area (Å²) in [5.74, 6) is 0.396. The molecule has 2 heterocycles. The topological polar surface area (TPSA) is 41.6 Å². The molecule has 0 radical (unpaired) electrons. The largest absolute Gasteiger partial charge is 0.376 e. The van der Waals surface area contributed by atoms with Crippen molar-refractivity contribution in [3.63, 3.8) is 0 Å². The molecular formula is C25H38N2O2. The van der Waals surface area contributed by atoms with Gasteiger partial charge in [-0.3, -0.25) is 4.79 Å². The van der Waals surface area contributed by atoms with Gasteiger partial charge in [0.1, 0.15) is 0 Å². The molecule has 1 aromatic rings. The second kappa shape index (κ2) is 8.39. The maximum atomic E-state index is 14.1. The number of rotatable bonds is 5. The van der Waals surface area contributed by atoms with Crippen molar-refractivity contribution in [1.82, 2.24) is 10.2 Å². The Morgan fingerprint density at radius 3 is 2.79 bits per heavy atom. The first-order valence-corrected chi connectivity index (χ1v) is 11.8. The van der Waals surface area contributed by atoms with Crippen molar-refractivity contribution < 1.29 is 9.53 Å².